The van der Waals surface area contributed by atoms with Gasteiger partial charge in [0.1, 0.15) is 5.52 Å². The lowest BCUT2D eigenvalue weighted by Crippen LogP contribution is -2.12. The first kappa shape index (κ1) is 18.6. The molecule has 6 nitrogen and oxygen atoms in total. The van der Waals surface area contributed by atoms with Crippen molar-refractivity contribution in [1.29, 1.82) is 0 Å². The third-order valence-electron chi connectivity index (χ3n) is 6.02. The van der Waals surface area contributed by atoms with Crippen LogP contribution in [0.4, 0.5) is 0 Å². The summed E-state index contributed by atoms with van der Waals surface area (Å²) >= 11 is 0. The predicted molar refractivity (Wildman–Crippen MR) is 106 cm³/mol. The zero-order valence-electron chi connectivity index (χ0n) is 16.5. The van der Waals surface area contributed by atoms with Gasteiger partial charge in [0.2, 0.25) is 0 Å². The van der Waals surface area contributed by atoms with Crippen molar-refractivity contribution in [2.75, 3.05) is 0 Å². The lowest BCUT2D eigenvalue weighted by atomic mass is 9.82. The predicted octanol–water partition coefficient (Wildman–Crippen LogP) is 3.17. The molecule has 3 aromatic rings. The van der Waals surface area contributed by atoms with Crippen molar-refractivity contribution in [2.45, 2.75) is 52.1 Å². The summed E-state index contributed by atoms with van der Waals surface area (Å²) in [5.41, 5.74) is 9.11. The largest absolute Gasteiger partial charge is 0.481 e. The molecule has 0 saturated heterocycles. The van der Waals surface area contributed by atoms with Crippen molar-refractivity contribution in [2.24, 2.45) is 7.05 Å². The molecular formula is C22H25N3O3. The summed E-state index contributed by atoms with van der Waals surface area (Å²) in [6, 6.07) is 6.21. The average molecular weight is 379 g/mol. The highest BCUT2D eigenvalue weighted by Gasteiger charge is 2.26. The fraction of sp³-hybridized carbons (Fsp3) is 0.409. The second-order valence-electron chi connectivity index (χ2n) is 7.80. The Morgan fingerprint density at radius 3 is 2.75 bits per heavy atom. The van der Waals surface area contributed by atoms with E-state index in [0.29, 0.717) is 0 Å². The first-order valence-corrected chi connectivity index (χ1v) is 9.67. The molecule has 0 bridgehead atoms. The van der Waals surface area contributed by atoms with Crippen LogP contribution in [0.3, 0.4) is 0 Å². The molecule has 0 fully saturated rings. The lowest BCUT2D eigenvalue weighted by Gasteiger charge is -2.22. The Morgan fingerprint density at radius 1 is 1.25 bits per heavy atom. The molecule has 1 aliphatic rings. The zero-order chi connectivity index (χ0) is 20.0. The molecular weight excluding hydrogens is 354 g/mol. The summed E-state index contributed by atoms with van der Waals surface area (Å²) in [6.07, 6.45) is 3.05. The molecule has 4 rings (SSSR count). The number of aromatic nitrogens is 3. The Labute approximate surface area is 163 Å². The molecule has 2 N–H and O–H groups in total. The Hall–Kier alpha value is -2.73. The summed E-state index contributed by atoms with van der Waals surface area (Å²) in [5, 5.41) is 27.9. The highest BCUT2D eigenvalue weighted by Crippen LogP contribution is 2.37. The number of aryl methyl sites for hydroxylation is 4. The van der Waals surface area contributed by atoms with E-state index in [9.17, 15) is 15.0 Å². The molecule has 146 valence electrons. The van der Waals surface area contributed by atoms with E-state index in [0.717, 1.165) is 58.1 Å². The molecule has 2 aromatic carbocycles. The van der Waals surface area contributed by atoms with Gasteiger partial charge in [-0.1, -0.05) is 23.4 Å². The van der Waals surface area contributed by atoms with Crippen molar-refractivity contribution in [1.82, 2.24) is 15.0 Å². The number of hydrogen-bond acceptors (Lipinski definition) is 4. The van der Waals surface area contributed by atoms with Gasteiger partial charge in [-0.2, -0.15) is 0 Å². The number of carboxylic acids is 1. The first-order valence-electron chi connectivity index (χ1n) is 9.67. The van der Waals surface area contributed by atoms with E-state index in [1.54, 1.807) is 4.68 Å². The van der Waals surface area contributed by atoms with Crippen LogP contribution in [-0.4, -0.2) is 31.2 Å². The minimum Gasteiger partial charge on any atom is -0.481 e. The van der Waals surface area contributed by atoms with Gasteiger partial charge in [-0.05, 0) is 72.1 Å². The summed E-state index contributed by atoms with van der Waals surface area (Å²) in [4.78, 5) is 11.7. The van der Waals surface area contributed by atoms with Crippen LogP contribution in [0.2, 0.25) is 0 Å². The van der Waals surface area contributed by atoms with Gasteiger partial charge in [-0.3, -0.25) is 4.79 Å². The van der Waals surface area contributed by atoms with Crippen LogP contribution in [0.25, 0.3) is 11.0 Å². The summed E-state index contributed by atoms with van der Waals surface area (Å²) in [6.45, 7) is 3.98. The molecule has 0 saturated carbocycles. The molecule has 1 aromatic heterocycles. The smallest absolute Gasteiger partial charge is 0.304 e. The van der Waals surface area contributed by atoms with Crippen LogP contribution < -0.4 is 0 Å². The number of benzene rings is 2. The van der Waals surface area contributed by atoms with Crippen molar-refractivity contribution in [3.8, 4) is 0 Å². The van der Waals surface area contributed by atoms with Crippen molar-refractivity contribution in [3.63, 3.8) is 0 Å². The summed E-state index contributed by atoms with van der Waals surface area (Å²) in [5.74, 6) is -1.13. The normalized spacial score (nSPS) is 14.4. The topological polar surface area (TPSA) is 88.2 Å². The van der Waals surface area contributed by atoms with E-state index >= 15 is 0 Å². The molecule has 6 heteroatoms. The van der Waals surface area contributed by atoms with E-state index < -0.39 is 5.97 Å². The monoisotopic (exact) mass is 379 g/mol. The van der Waals surface area contributed by atoms with Gasteiger partial charge in [0.25, 0.3) is 0 Å². The van der Waals surface area contributed by atoms with Crippen molar-refractivity contribution < 1.29 is 15.0 Å². The third-order valence-corrected chi connectivity index (χ3v) is 6.02. The molecule has 1 heterocycles. The lowest BCUT2D eigenvalue weighted by molar-refractivity contribution is -0.137. The van der Waals surface area contributed by atoms with Crippen molar-refractivity contribution in [3.05, 3.63) is 57.1 Å². The van der Waals surface area contributed by atoms with Gasteiger partial charge >= 0.3 is 5.97 Å². The molecule has 0 aliphatic heterocycles. The van der Waals surface area contributed by atoms with E-state index in [-0.39, 0.29) is 18.9 Å². The van der Waals surface area contributed by atoms with Crippen LogP contribution in [0, 0.1) is 13.8 Å². The van der Waals surface area contributed by atoms with Crippen LogP contribution in [-0.2, 0) is 31.3 Å². The maximum Gasteiger partial charge on any atom is 0.304 e. The van der Waals surface area contributed by atoms with Gasteiger partial charge in [-0.15, -0.1) is 5.10 Å². The van der Waals surface area contributed by atoms with Gasteiger partial charge in [0.15, 0.2) is 0 Å². The molecule has 28 heavy (non-hydrogen) atoms. The summed E-state index contributed by atoms with van der Waals surface area (Å²) < 4.78 is 1.76. The van der Waals surface area contributed by atoms with Crippen LogP contribution in [0.1, 0.15) is 57.7 Å². The van der Waals surface area contributed by atoms with Crippen LogP contribution in [0.5, 0.6) is 0 Å². The highest BCUT2D eigenvalue weighted by atomic mass is 16.4. The van der Waals surface area contributed by atoms with Gasteiger partial charge < -0.3 is 10.2 Å². The van der Waals surface area contributed by atoms with Crippen LogP contribution in [0.15, 0.2) is 18.2 Å². The second kappa shape index (κ2) is 7.02. The van der Waals surface area contributed by atoms with Gasteiger partial charge in [-0.25, -0.2) is 4.68 Å². The number of rotatable bonds is 5. The second-order valence-corrected chi connectivity index (χ2v) is 7.80. The molecule has 0 radical (unpaired) electrons. The molecule has 1 aliphatic carbocycles. The summed E-state index contributed by atoms with van der Waals surface area (Å²) in [7, 11) is 1.87. The van der Waals surface area contributed by atoms with E-state index in [2.05, 4.69) is 22.4 Å². The molecule has 0 unspecified atom stereocenters. The minimum absolute atomic E-state index is 0.00426. The van der Waals surface area contributed by atoms with E-state index in [1.165, 1.54) is 11.1 Å². The van der Waals surface area contributed by atoms with Crippen LogP contribution >= 0.6 is 0 Å². The fourth-order valence-corrected chi connectivity index (χ4v) is 4.71. The molecule has 0 spiro atoms. The number of fused-ring (bicyclic) bond motifs is 2. The minimum atomic E-state index is -0.840. The Bertz CT molecular complexity index is 1080. The molecule has 0 amide bonds. The van der Waals surface area contributed by atoms with Gasteiger partial charge in [0.05, 0.1) is 18.5 Å². The number of carbonyl (C=O) groups is 1. The maximum absolute atomic E-state index is 11.7. The third kappa shape index (κ3) is 2.98. The molecule has 1 atom stereocenters. The fourth-order valence-electron chi connectivity index (χ4n) is 4.71. The van der Waals surface area contributed by atoms with E-state index in [1.807, 2.05) is 27.0 Å². The SMILES string of the molecule is Cc1c([C@H](CC(=O)O)c2cc(CO)c3c(c2)CCC3)cc(C)c2c1nnn2C. The standard InChI is InChI=1S/C22H25N3O3/c1-12-7-18(13(2)21-22(12)25(3)24-23-21)19(10-20(27)28)15-8-14-5-4-6-17(14)16(9-15)11-26/h7-9,19,26H,4-6,10-11H2,1-3H3,(H,27,28)/t19-/m1/s1. The number of hydrogen-bond donors (Lipinski definition) is 2. The maximum atomic E-state index is 11.7. The first-order chi connectivity index (χ1) is 13.4. The van der Waals surface area contributed by atoms with E-state index in [4.69, 9.17) is 0 Å². The van der Waals surface area contributed by atoms with Crippen molar-refractivity contribution >= 4 is 17.0 Å². The average Bonchev–Trinajstić information content (AvgIpc) is 3.28. The number of aliphatic hydroxyl groups excluding tert-OH is 1. The number of nitrogens with zero attached hydrogens (tertiary/aromatic N) is 3. The number of aliphatic hydroxyl groups is 1. The van der Waals surface area contributed by atoms with Gasteiger partial charge in [0, 0.05) is 13.0 Å². The Balaban J connectivity index is 1.92. The Morgan fingerprint density at radius 2 is 2.04 bits per heavy atom. The number of aliphatic carboxylic acids is 1. The highest BCUT2D eigenvalue weighted by molar-refractivity contribution is 5.83. The number of carboxylic acid groups (broad SMARTS) is 1. The zero-order valence-corrected chi connectivity index (χ0v) is 16.5. The Kier molecular flexibility index (Phi) is 4.67. The quantitative estimate of drug-likeness (QED) is 0.711.